The number of aromatic nitrogens is 2. The third-order valence-corrected chi connectivity index (χ3v) is 2.69. The van der Waals surface area contributed by atoms with E-state index in [0.717, 1.165) is 5.56 Å². The average Bonchev–Trinajstić information content (AvgIpc) is 2.37. The lowest BCUT2D eigenvalue weighted by Gasteiger charge is -2.11. The molecule has 0 aliphatic carbocycles. The molecule has 3 N–H and O–H groups in total. The predicted molar refractivity (Wildman–Crippen MR) is 73.8 cm³/mol. The van der Waals surface area contributed by atoms with Crippen LogP contribution in [0.25, 0.3) is 0 Å². The van der Waals surface area contributed by atoms with E-state index in [1.54, 1.807) is 25.1 Å². The summed E-state index contributed by atoms with van der Waals surface area (Å²) in [6.07, 6.45) is 0. The molecular formula is C13H13ClN4O. The van der Waals surface area contributed by atoms with Crippen LogP contribution in [0.3, 0.4) is 0 Å². The van der Waals surface area contributed by atoms with Crippen molar-refractivity contribution in [1.82, 2.24) is 9.97 Å². The molecule has 0 aliphatic rings. The van der Waals surface area contributed by atoms with Gasteiger partial charge in [-0.05, 0) is 18.6 Å². The second kappa shape index (κ2) is 5.77. The summed E-state index contributed by atoms with van der Waals surface area (Å²) >= 11 is 5.80. The van der Waals surface area contributed by atoms with Crippen molar-refractivity contribution in [3.05, 3.63) is 52.8 Å². The van der Waals surface area contributed by atoms with E-state index in [-0.39, 0.29) is 17.0 Å². The molecule has 0 fully saturated rings. The predicted octanol–water partition coefficient (Wildman–Crippen LogP) is 2.08. The van der Waals surface area contributed by atoms with Gasteiger partial charge >= 0.3 is 0 Å². The van der Waals surface area contributed by atoms with Gasteiger partial charge in [-0.2, -0.15) is 0 Å². The van der Waals surface area contributed by atoms with E-state index in [1.165, 1.54) is 0 Å². The number of nitrogens with one attached hydrogen (secondary N) is 1. The number of halogens is 1. The standard InChI is InChI=1S/C13H13ClN4O/c1-8-7-10(14)17-13(16-8)18-12(19)11(15)9-5-3-2-4-6-9/h2-7,11H,15H2,1H3,(H,16,17,18,19). The van der Waals surface area contributed by atoms with E-state index in [1.807, 2.05) is 18.2 Å². The molecule has 0 saturated carbocycles. The highest BCUT2D eigenvalue weighted by atomic mass is 35.5. The third-order valence-electron chi connectivity index (χ3n) is 2.50. The summed E-state index contributed by atoms with van der Waals surface area (Å²) in [7, 11) is 0. The zero-order chi connectivity index (χ0) is 13.8. The number of hydrogen-bond acceptors (Lipinski definition) is 4. The monoisotopic (exact) mass is 276 g/mol. The Bertz CT molecular complexity index is 568. The van der Waals surface area contributed by atoms with Gasteiger partial charge in [0.05, 0.1) is 0 Å². The molecule has 98 valence electrons. The highest BCUT2D eigenvalue weighted by Gasteiger charge is 2.16. The number of carbonyl (C=O) groups is 1. The first kappa shape index (κ1) is 13.5. The van der Waals surface area contributed by atoms with Crippen molar-refractivity contribution >= 4 is 23.5 Å². The molecule has 6 heteroatoms. The Morgan fingerprint density at radius 1 is 1.32 bits per heavy atom. The normalized spacial score (nSPS) is 11.9. The largest absolute Gasteiger partial charge is 0.316 e. The molecule has 5 nitrogen and oxygen atoms in total. The van der Waals surface area contributed by atoms with Crippen molar-refractivity contribution in [3.8, 4) is 0 Å². The number of benzene rings is 1. The summed E-state index contributed by atoms with van der Waals surface area (Å²) in [6.45, 7) is 1.76. The minimum Gasteiger partial charge on any atom is -0.316 e. The molecule has 2 aromatic rings. The van der Waals surface area contributed by atoms with Gasteiger partial charge in [-0.25, -0.2) is 9.97 Å². The molecule has 0 saturated heterocycles. The molecule has 1 heterocycles. The first-order chi connectivity index (χ1) is 9.06. The average molecular weight is 277 g/mol. The van der Waals surface area contributed by atoms with Crippen LogP contribution in [0.5, 0.6) is 0 Å². The lowest BCUT2D eigenvalue weighted by molar-refractivity contribution is -0.117. The minimum atomic E-state index is -0.774. The molecule has 1 atom stereocenters. The summed E-state index contributed by atoms with van der Waals surface area (Å²) in [6, 6.07) is 9.91. The van der Waals surface area contributed by atoms with E-state index in [0.29, 0.717) is 5.69 Å². The fraction of sp³-hybridized carbons (Fsp3) is 0.154. The van der Waals surface area contributed by atoms with Gasteiger partial charge in [0.25, 0.3) is 0 Å². The van der Waals surface area contributed by atoms with E-state index < -0.39 is 6.04 Å². The summed E-state index contributed by atoms with van der Waals surface area (Å²) in [5.41, 5.74) is 7.25. The van der Waals surface area contributed by atoms with Crippen LogP contribution in [0.1, 0.15) is 17.3 Å². The van der Waals surface area contributed by atoms with Gasteiger partial charge in [-0.3, -0.25) is 10.1 Å². The van der Waals surface area contributed by atoms with Crippen LogP contribution in [0.15, 0.2) is 36.4 Å². The molecule has 0 spiro atoms. The highest BCUT2D eigenvalue weighted by molar-refractivity contribution is 6.29. The van der Waals surface area contributed by atoms with Gasteiger partial charge < -0.3 is 5.73 Å². The van der Waals surface area contributed by atoms with Gasteiger partial charge in [0, 0.05) is 5.69 Å². The zero-order valence-corrected chi connectivity index (χ0v) is 11.1. The molecule has 2 rings (SSSR count). The Morgan fingerprint density at radius 3 is 2.63 bits per heavy atom. The smallest absolute Gasteiger partial charge is 0.248 e. The second-order valence-corrected chi connectivity index (χ2v) is 4.42. The number of nitrogens with zero attached hydrogens (tertiary/aromatic N) is 2. The summed E-state index contributed by atoms with van der Waals surface area (Å²) in [4.78, 5) is 20.0. The Balaban J connectivity index is 2.13. The van der Waals surface area contributed by atoms with Gasteiger partial charge in [0.15, 0.2) is 0 Å². The number of amides is 1. The SMILES string of the molecule is Cc1cc(Cl)nc(NC(=O)C(N)c2ccccc2)n1. The van der Waals surface area contributed by atoms with E-state index in [4.69, 9.17) is 17.3 Å². The van der Waals surface area contributed by atoms with Crippen LogP contribution >= 0.6 is 11.6 Å². The van der Waals surface area contributed by atoms with Gasteiger partial charge in [-0.15, -0.1) is 0 Å². The molecule has 0 radical (unpaired) electrons. The van der Waals surface area contributed by atoms with E-state index >= 15 is 0 Å². The number of nitrogens with two attached hydrogens (primary N) is 1. The van der Waals surface area contributed by atoms with Crippen molar-refractivity contribution in [1.29, 1.82) is 0 Å². The molecule has 1 unspecified atom stereocenters. The zero-order valence-electron chi connectivity index (χ0n) is 10.3. The van der Waals surface area contributed by atoms with Crippen molar-refractivity contribution in [2.24, 2.45) is 5.73 Å². The van der Waals surface area contributed by atoms with Crippen molar-refractivity contribution in [2.45, 2.75) is 13.0 Å². The Morgan fingerprint density at radius 2 is 2.00 bits per heavy atom. The summed E-state index contributed by atoms with van der Waals surface area (Å²) < 4.78 is 0. The number of carbonyl (C=O) groups excluding carboxylic acids is 1. The van der Waals surface area contributed by atoms with Crippen molar-refractivity contribution in [2.75, 3.05) is 5.32 Å². The fourth-order valence-corrected chi connectivity index (χ4v) is 1.82. The summed E-state index contributed by atoms with van der Waals surface area (Å²) in [5, 5.41) is 2.83. The molecule has 1 aromatic carbocycles. The molecule has 0 aliphatic heterocycles. The number of anilines is 1. The lowest BCUT2D eigenvalue weighted by Crippen LogP contribution is -2.28. The highest BCUT2D eigenvalue weighted by Crippen LogP contribution is 2.13. The molecular weight excluding hydrogens is 264 g/mol. The van der Waals surface area contributed by atoms with Crippen LogP contribution in [0.2, 0.25) is 5.15 Å². The minimum absolute atomic E-state index is 0.154. The van der Waals surface area contributed by atoms with Crippen LogP contribution in [0, 0.1) is 6.92 Å². The maximum absolute atomic E-state index is 12.0. The Labute approximate surface area is 115 Å². The van der Waals surface area contributed by atoms with Crippen molar-refractivity contribution in [3.63, 3.8) is 0 Å². The first-order valence-corrected chi connectivity index (χ1v) is 6.06. The maximum Gasteiger partial charge on any atom is 0.248 e. The first-order valence-electron chi connectivity index (χ1n) is 5.69. The van der Waals surface area contributed by atoms with Crippen LogP contribution in [-0.4, -0.2) is 15.9 Å². The molecule has 1 amide bonds. The van der Waals surface area contributed by atoms with E-state index in [2.05, 4.69) is 15.3 Å². The lowest BCUT2D eigenvalue weighted by atomic mass is 10.1. The third kappa shape index (κ3) is 3.49. The van der Waals surface area contributed by atoms with Gasteiger partial charge in [0.2, 0.25) is 11.9 Å². The number of hydrogen-bond donors (Lipinski definition) is 2. The van der Waals surface area contributed by atoms with Gasteiger partial charge in [0.1, 0.15) is 11.2 Å². The number of aryl methyl sites for hydroxylation is 1. The number of rotatable bonds is 3. The Kier molecular flexibility index (Phi) is 4.09. The van der Waals surface area contributed by atoms with E-state index in [9.17, 15) is 4.79 Å². The van der Waals surface area contributed by atoms with Crippen molar-refractivity contribution < 1.29 is 4.79 Å². The summed E-state index contributed by atoms with van der Waals surface area (Å²) in [5.74, 6) is -0.228. The quantitative estimate of drug-likeness (QED) is 0.841. The Hall–Kier alpha value is -1.98. The van der Waals surface area contributed by atoms with Crippen LogP contribution < -0.4 is 11.1 Å². The van der Waals surface area contributed by atoms with Gasteiger partial charge in [-0.1, -0.05) is 41.9 Å². The van der Waals surface area contributed by atoms with Crippen LogP contribution in [-0.2, 0) is 4.79 Å². The van der Waals surface area contributed by atoms with Crippen LogP contribution in [0.4, 0.5) is 5.95 Å². The maximum atomic E-state index is 12.0. The second-order valence-electron chi connectivity index (χ2n) is 4.03. The topological polar surface area (TPSA) is 80.9 Å². The molecule has 0 bridgehead atoms. The fourth-order valence-electron chi connectivity index (χ4n) is 1.59. The molecule has 1 aromatic heterocycles. The molecule has 19 heavy (non-hydrogen) atoms.